The molecular weight excluding hydrogens is 300 g/mol. The van der Waals surface area contributed by atoms with Crippen LogP contribution in [-0.4, -0.2) is 0 Å². The lowest BCUT2D eigenvalue weighted by Gasteiger charge is -2.38. The number of rotatable bonds is 11. The molecule has 2 rings (SSSR count). The maximum Gasteiger partial charge on any atom is -0.0271 e. The quantitative estimate of drug-likeness (QED) is 0.355. The van der Waals surface area contributed by atoms with Crippen LogP contribution in [-0.2, 0) is 12.8 Å². The van der Waals surface area contributed by atoms with Crippen molar-refractivity contribution in [3.05, 3.63) is 34.9 Å². The number of hydrogen-bond donors (Lipinski definition) is 0. The molecule has 1 aliphatic rings. The van der Waals surface area contributed by atoms with Gasteiger partial charge in [-0.05, 0) is 74.0 Å². The molecule has 1 aromatic rings. The van der Waals surface area contributed by atoms with Gasteiger partial charge >= 0.3 is 0 Å². The van der Waals surface area contributed by atoms with E-state index in [-0.39, 0.29) is 0 Å². The third kappa shape index (κ3) is 6.80. The van der Waals surface area contributed by atoms with E-state index < -0.39 is 0 Å². The van der Waals surface area contributed by atoms with Gasteiger partial charge in [0.05, 0.1) is 0 Å². The van der Waals surface area contributed by atoms with Crippen molar-refractivity contribution >= 4 is 0 Å². The van der Waals surface area contributed by atoms with E-state index >= 15 is 0 Å². The van der Waals surface area contributed by atoms with Crippen molar-refractivity contribution in [3.63, 3.8) is 0 Å². The minimum Gasteiger partial charge on any atom is -0.0654 e. The molecule has 0 heteroatoms. The number of aryl methyl sites for hydroxylation is 3. The first kappa shape index (κ1) is 20.5. The zero-order valence-corrected chi connectivity index (χ0v) is 17.3. The Bertz CT molecular complexity index is 479. The maximum atomic E-state index is 2.47. The molecule has 25 heavy (non-hydrogen) atoms. The van der Waals surface area contributed by atoms with Crippen molar-refractivity contribution < 1.29 is 0 Å². The van der Waals surface area contributed by atoms with E-state index in [1.165, 1.54) is 102 Å². The highest BCUT2D eigenvalue weighted by Crippen LogP contribution is 2.44. The lowest BCUT2D eigenvalue weighted by Crippen LogP contribution is -2.25. The second kappa shape index (κ2) is 11.0. The molecule has 1 fully saturated rings. The Morgan fingerprint density at radius 1 is 0.800 bits per heavy atom. The second-order valence-corrected chi connectivity index (χ2v) is 8.74. The standard InChI is InChI=1S/C25H42/c1-4-6-9-13-23-14-15-24(22(3)21-23)16-20-25(17-10-7-5-2)18-11-8-12-19-25/h14-15,21H,4-13,16-20H2,1-3H3. The van der Waals surface area contributed by atoms with Crippen molar-refractivity contribution in [1.82, 2.24) is 0 Å². The summed E-state index contributed by atoms with van der Waals surface area (Å²) in [7, 11) is 0. The van der Waals surface area contributed by atoms with E-state index in [0.717, 1.165) is 0 Å². The van der Waals surface area contributed by atoms with Gasteiger partial charge in [0, 0.05) is 0 Å². The Kier molecular flexibility index (Phi) is 9.07. The van der Waals surface area contributed by atoms with Crippen LogP contribution in [0.1, 0.15) is 114 Å². The van der Waals surface area contributed by atoms with E-state index in [1.807, 2.05) is 0 Å². The third-order valence-corrected chi connectivity index (χ3v) is 6.63. The van der Waals surface area contributed by atoms with Gasteiger partial charge in [0.1, 0.15) is 0 Å². The number of hydrogen-bond acceptors (Lipinski definition) is 0. The van der Waals surface area contributed by atoms with E-state index in [4.69, 9.17) is 0 Å². The lowest BCUT2D eigenvalue weighted by molar-refractivity contribution is 0.152. The largest absolute Gasteiger partial charge is 0.0654 e. The molecule has 0 nitrogen and oxygen atoms in total. The Labute approximate surface area is 157 Å². The Balaban J connectivity index is 1.92. The minimum absolute atomic E-state index is 0.666. The summed E-state index contributed by atoms with van der Waals surface area (Å²) in [6, 6.07) is 7.32. The normalized spacial score (nSPS) is 16.9. The minimum atomic E-state index is 0.666. The number of benzene rings is 1. The summed E-state index contributed by atoms with van der Waals surface area (Å²) in [5.74, 6) is 0. The molecule has 0 unspecified atom stereocenters. The smallest absolute Gasteiger partial charge is 0.0271 e. The third-order valence-electron chi connectivity index (χ3n) is 6.63. The van der Waals surface area contributed by atoms with Crippen LogP contribution >= 0.6 is 0 Å². The molecule has 0 heterocycles. The molecule has 0 aliphatic heterocycles. The second-order valence-electron chi connectivity index (χ2n) is 8.74. The van der Waals surface area contributed by atoms with Crippen molar-refractivity contribution in [3.8, 4) is 0 Å². The predicted octanol–water partition coefficient (Wildman–Crippen LogP) is 8.19. The first-order valence-electron chi connectivity index (χ1n) is 11.3. The van der Waals surface area contributed by atoms with Crippen LogP contribution in [0.4, 0.5) is 0 Å². The molecule has 0 amide bonds. The molecule has 1 aromatic carbocycles. The van der Waals surface area contributed by atoms with Crippen molar-refractivity contribution in [2.24, 2.45) is 5.41 Å². The van der Waals surface area contributed by atoms with Gasteiger partial charge in [0.2, 0.25) is 0 Å². The SMILES string of the molecule is CCCCCc1ccc(CCC2(CCCCC)CCCCC2)c(C)c1. The van der Waals surface area contributed by atoms with Gasteiger partial charge in [-0.15, -0.1) is 0 Å². The highest BCUT2D eigenvalue weighted by molar-refractivity contribution is 5.31. The summed E-state index contributed by atoms with van der Waals surface area (Å²) in [5, 5.41) is 0. The molecule has 0 aromatic heterocycles. The molecule has 0 N–H and O–H groups in total. The van der Waals surface area contributed by atoms with Crippen LogP contribution < -0.4 is 0 Å². The lowest BCUT2D eigenvalue weighted by atomic mass is 9.67. The summed E-state index contributed by atoms with van der Waals surface area (Å²) in [5.41, 5.74) is 5.36. The van der Waals surface area contributed by atoms with E-state index in [2.05, 4.69) is 39.0 Å². The van der Waals surface area contributed by atoms with Crippen LogP contribution in [0.3, 0.4) is 0 Å². The maximum absolute atomic E-state index is 2.47. The summed E-state index contributed by atoms with van der Waals surface area (Å²) < 4.78 is 0. The molecule has 0 radical (unpaired) electrons. The predicted molar refractivity (Wildman–Crippen MR) is 112 cm³/mol. The summed E-state index contributed by atoms with van der Waals surface area (Å²) >= 11 is 0. The van der Waals surface area contributed by atoms with E-state index in [9.17, 15) is 0 Å². The molecule has 0 spiro atoms. The molecule has 0 saturated heterocycles. The van der Waals surface area contributed by atoms with Gasteiger partial charge in [-0.1, -0.05) is 83.4 Å². The summed E-state index contributed by atoms with van der Waals surface area (Å²) in [6.45, 7) is 6.96. The van der Waals surface area contributed by atoms with E-state index in [1.54, 1.807) is 11.1 Å². The summed E-state index contributed by atoms with van der Waals surface area (Å²) in [6.07, 6.45) is 21.1. The molecule has 142 valence electrons. The van der Waals surface area contributed by atoms with Gasteiger partial charge < -0.3 is 0 Å². The Morgan fingerprint density at radius 2 is 1.52 bits per heavy atom. The highest BCUT2D eigenvalue weighted by atomic mass is 14.4. The van der Waals surface area contributed by atoms with Gasteiger partial charge in [0.25, 0.3) is 0 Å². The summed E-state index contributed by atoms with van der Waals surface area (Å²) in [4.78, 5) is 0. The van der Waals surface area contributed by atoms with Gasteiger partial charge in [-0.2, -0.15) is 0 Å². The highest BCUT2D eigenvalue weighted by Gasteiger charge is 2.31. The fourth-order valence-corrected chi connectivity index (χ4v) is 4.85. The van der Waals surface area contributed by atoms with Gasteiger partial charge in [-0.25, -0.2) is 0 Å². The van der Waals surface area contributed by atoms with Crippen LogP contribution in [0.2, 0.25) is 0 Å². The molecular formula is C25H42. The number of unbranched alkanes of at least 4 members (excludes halogenated alkanes) is 4. The average molecular weight is 343 g/mol. The van der Waals surface area contributed by atoms with Crippen molar-refractivity contribution in [2.75, 3.05) is 0 Å². The van der Waals surface area contributed by atoms with Crippen molar-refractivity contribution in [1.29, 1.82) is 0 Å². The molecule has 0 bridgehead atoms. The Hall–Kier alpha value is -0.780. The van der Waals surface area contributed by atoms with Crippen molar-refractivity contribution in [2.45, 2.75) is 117 Å². The molecule has 1 saturated carbocycles. The zero-order chi connectivity index (χ0) is 18.0. The fraction of sp³-hybridized carbons (Fsp3) is 0.760. The van der Waals surface area contributed by atoms with E-state index in [0.29, 0.717) is 5.41 Å². The fourth-order valence-electron chi connectivity index (χ4n) is 4.85. The first-order valence-corrected chi connectivity index (χ1v) is 11.3. The Morgan fingerprint density at radius 3 is 2.20 bits per heavy atom. The first-order chi connectivity index (χ1) is 12.2. The van der Waals surface area contributed by atoms with Gasteiger partial charge in [-0.3, -0.25) is 0 Å². The van der Waals surface area contributed by atoms with Crippen LogP contribution in [0.5, 0.6) is 0 Å². The molecule has 0 atom stereocenters. The molecule has 1 aliphatic carbocycles. The topological polar surface area (TPSA) is 0 Å². The monoisotopic (exact) mass is 342 g/mol. The van der Waals surface area contributed by atoms with Crippen LogP contribution in [0, 0.1) is 12.3 Å². The van der Waals surface area contributed by atoms with Crippen LogP contribution in [0.15, 0.2) is 18.2 Å². The van der Waals surface area contributed by atoms with Gasteiger partial charge in [0.15, 0.2) is 0 Å². The average Bonchev–Trinajstić information content (AvgIpc) is 2.62. The van der Waals surface area contributed by atoms with Crippen LogP contribution in [0.25, 0.3) is 0 Å². The zero-order valence-electron chi connectivity index (χ0n) is 17.3.